The molecular formula is C17H25BF11NO4. The summed E-state index contributed by atoms with van der Waals surface area (Å²) in [4.78, 5) is 23.4. The van der Waals surface area contributed by atoms with Crippen LogP contribution in [0.5, 0.6) is 0 Å². The van der Waals surface area contributed by atoms with Crippen molar-refractivity contribution >= 4 is 19.2 Å². The van der Waals surface area contributed by atoms with Crippen LogP contribution in [0, 0.1) is 0 Å². The lowest BCUT2D eigenvalue weighted by Gasteiger charge is -2.38. The van der Waals surface area contributed by atoms with E-state index >= 15 is 0 Å². The zero-order valence-electron chi connectivity index (χ0n) is 18.9. The lowest BCUT2D eigenvalue weighted by Crippen LogP contribution is -2.63. The van der Waals surface area contributed by atoms with E-state index < -0.39 is 73.5 Å². The van der Waals surface area contributed by atoms with Gasteiger partial charge < -0.3 is 31.2 Å². The molecule has 202 valence electrons. The molecule has 0 radical (unpaired) electrons. The van der Waals surface area contributed by atoms with Crippen LogP contribution in [0.2, 0.25) is 0 Å². The molecule has 0 heterocycles. The summed E-state index contributed by atoms with van der Waals surface area (Å²) < 4.78 is 139. The first-order valence-corrected chi connectivity index (χ1v) is 9.21. The maximum Gasteiger partial charge on any atom is 0.673 e. The normalized spacial score (nSPS) is 14.9. The Bertz CT molecular complexity index is 712. The zero-order valence-corrected chi connectivity index (χ0v) is 18.9. The van der Waals surface area contributed by atoms with E-state index in [1.165, 1.54) is 27.7 Å². The van der Waals surface area contributed by atoms with Crippen molar-refractivity contribution in [2.45, 2.75) is 51.3 Å². The first kappa shape index (κ1) is 34.1. The van der Waals surface area contributed by atoms with Gasteiger partial charge in [0.2, 0.25) is 0 Å². The third-order valence-corrected chi connectivity index (χ3v) is 3.54. The molecule has 0 spiro atoms. The summed E-state index contributed by atoms with van der Waals surface area (Å²) in [5, 5.41) is 0. The van der Waals surface area contributed by atoms with Crippen molar-refractivity contribution in [3.05, 3.63) is 12.2 Å². The van der Waals surface area contributed by atoms with Crippen LogP contribution in [-0.2, 0) is 19.1 Å². The number of hydrogen-bond acceptors (Lipinski definition) is 4. The predicted octanol–water partition coefficient (Wildman–Crippen LogP) is 5.03. The van der Waals surface area contributed by atoms with Crippen molar-refractivity contribution in [2.75, 3.05) is 33.3 Å². The molecule has 0 aromatic rings. The Morgan fingerprint density at radius 3 is 1.68 bits per heavy atom. The molecule has 0 aromatic carbocycles. The minimum Gasteiger partial charge on any atom is -0.456 e. The highest BCUT2D eigenvalue weighted by Gasteiger charge is 2.74. The monoisotopic (exact) mass is 527 g/mol. The SMILES string of the molecule is C=C(C)C(=O)OCC[N+](C)(CC(=O)OC(C)(C)C)CC(F)(F)C(F)(F)C(F)(F)F.F[B-](F)(F)F. The second-order valence-corrected chi connectivity index (χ2v) is 8.43. The molecule has 17 heteroatoms. The summed E-state index contributed by atoms with van der Waals surface area (Å²) in [5.74, 6) is -13.9. The summed E-state index contributed by atoms with van der Waals surface area (Å²) >= 11 is 0. The number of carbonyl (C=O) groups is 2. The van der Waals surface area contributed by atoms with Crippen LogP contribution in [0.25, 0.3) is 0 Å². The standard InChI is InChI=1S/C17H25F7NO4.BF4/c1-11(2)13(27)28-8-7-25(6,9-12(26)29-14(3,4)5)10-15(18,19)16(20,21)17(22,23)24;2-1(3,4)5/h1,7-10H2,2-6H3;/q+1;-1. The van der Waals surface area contributed by atoms with Crippen molar-refractivity contribution in [1.82, 2.24) is 0 Å². The van der Waals surface area contributed by atoms with Crippen molar-refractivity contribution < 1.29 is 71.5 Å². The highest BCUT2D eigenvalue weighted by atomic mass is 19.5. The Balaban J connectivity index is 0. The largest absolute Gasteiger partial charge is 0.673 e. The number of nitrogens with zero attached hydrogens (tertiary/aromatic N) is 1. The van der Waals surface area contributed by atoms with Crippen molar-refractivity contribution in [3.8, 4) is 0 Å². The summed E-state index contributed by atoms with van der Waals surface area (Å²) in [5.41, 5.74) is -1.09. The number of halogens is 11. The van der Waals surface area contributed by atoms with E-state index in [1.807, 2.05) is 0 Å². The molecule has 0 bridgehead atoms. The molecule has 0 aromatic heterocycles. The Kier molecular flexibility index (Phi) is 11.6. The van der Waals surface area contributed by atoms with Gasteiger partial charge >= 0.3 is 37.2 Å². The van der Waals surface area contributed by atoms with Crippen LogP contribution in [0.15, 0.2) is 12.2 Å². The van der Waals surface area contributed by atoms with E-state index in [4.69, 9.17) is 4.74 Å². The van der Waals surface area contributed by atoms with E-state index in [1.54, 1.807) is 0 Å². The van der Waals surface area contributed by atoms with Gasteiger partial charge in [0.05, 0.1) is 7.05 Å². The van der Waals surface area contributed by atoms with Crippen LogP contribution in [-0.4, -0.2) is 80.6 Å². The van der Waals surface area contributed by atoms with Gasteiger partial charge in [0, 0.05) is 5.57 Å². The van der Waals surface area contributed by atoms with E-state index in [0.29, 0.717) is 0 Å². The third-order valence-electron chi connectivity index (χ3n) is 3.54. The molecule has 0 aliphatic carbocycles. The van der Waals surface area contributed by atoms with E-state index in [-0.39, 0.29) is 5.57 Å². The van der Waals surface area contributed by atoms with Gasteiger partial charge in [-0.05, 0) is 27.7 Å². The maximum atomic E-state index is 13.9. The van der Waals surface area contributed by atoms with Gasteiger partial charge in [0.15, 0.2) is 13.1 Å². The smallest absolute Gasteiger partial charge is 0.456 e. The molecule has 5 nitrogen and oxygen atoms in total. The molecule has 0 saturated heterocycles. The first-order valence-electron chi connectivity index (χ1n) is 9.21. The molecule has 0 N–H and O–H groups in total. The van der Waals surface area contributed by atoms with Crippen molar-refractivity contribution in [2.24, 2.45) is 0 Å². The summed E-state index contributed by atoms with van der Waals surface area (Å²) in [6.07, 6.45) is -6.50. The average molecular weight is 527 g/mol. The van der Waals surface area contributed by atoms with Crippen molar-refractivity contribution in [1.29, 1.82) is 0 Å². The van der Waals surface area contributed by atoms with Crippen LogP contribution in [0.1, 0.15) is 27.7 Å². The Morgan fingerprint density at radius 2 is 1.35 bits per heavy atom. The lowest BCUT2D eigenvalue weighted by atomic mass is 10.1. The van der Waals surface area contributed by atoms with Gasteiger partial charge in [-0.25, -0.2) is 9.59 Å². The number of likely N-dealkylation sites (N-methyl/N-ethyl adjacent to an activating group) is 1. The summed E-state index contributed by atoms with van der Waals surface area (Å²) in [7, 11) is -5.14. The molecular weight excluding hydrogens is 502 g/mol. The number of quaternary nitrogens is 1. The highest BCUT2D eigenvalue weighted by molar-refractivity contribution is 6.50. The van der Waals surface area contributed by atoms with Crippen LogP contribution < -0.4 is 0 Å². The molecule has 34 heavy (non-hydrogen) atoms. The average Bonchev–Trinajstić information content (AvgIpc) is 2.48. The molecule has 0 aliphatic rings. The van der Waals surface area contributed by atoms with Crippen LogP contribution in [0.3, 0.4) is 0 Å². The van der Waals surface area contributed by atoms with Gasteiger partial charge in [-0.3, -0.25) is 0 Å². The molecule has 0 saturated carbocycles. The van der Waals surface area contributed by atoms with Crippen molar-refractivity contribution in [3.63, 3.8) is 0 Å². The second-order valence-electron chi connectivity index (χ2n) is 8.43. The van der Waals surface area contributed by atoms with Gasteiger partial charge in [0.1, 0.15) is 18.8 Å². The first-order chi connectivity index (χ1) is 14.6. The third kappa shape index (κ3) is 13.6. The zero-order chi connectivity index (χ0) is 28.0. The number of carbonyl (C=O) groups excluding carboxylic acids is 2. The molecule has 1 atom stereocenters. The van der Waals surface area contributed by atoms with Gasteiger partial charge in [-0.15, -0.1) is 0 Å². The van der Waals surface area contributed by atoms with Crippen LogP contribution in [0.4, 0.5) is 48.0 Å². The van der Waals surface area contributed by atoms with Gasteiger partial charge in [-0.2, -0.15) is 30.7 Å². The second kappa shape index (κ2) is 11.6. The van der Waals surface area contributed by atoms with E-state index in [2.05, 4.69) is 11.3 Å². The molecule has 1 unspecified atom stereocenters. The van der Waals surface area contributed by atoms with Gasteiger partial charge in [-0.1, -0.05) is 6.58 Å². The minimum atomic E-state index is -6.50. The van der Waals surface area contributed by atoms with E-state index in [9.17, 15) is 57.6 Å². The number of ether oxygens (including phenoxy) is 2. The highest BCUT2D eigenvalue weighted by Crippen LogP contribution is 2.47. The number of hydrogen-bond donors (Lipinski definition) is 0. The number of alkyl halides is 7. The van der Waals surface area contributed by atoms with Gasteiger partial charge in [0.25, 0.3) is 0 Å². The summed E-state index contributed by atoms with van der Waals surface area (Å²) in [6.45, 7) is 4.65. The Labute approximate surface area is 188 Å². The molecule has 0 fully saturated rings. The Morgan fingerprint density at radius 1 is 0.941 bits per heavy atom. The summed E-state index contributed by atoms with van der Waals surface area (Å²) in [6, 6.07) is 0. The maximum absolute atomic E-state index is 13.9. The van der Waals surface area contributed by atoms with Crippen LogP contribution >= 0.6 is 0 Å². The van der Waals surface area contributed by atoms with E-state index in [0.717, 1.165) is 7.05 Å². The Hall–Kier alpha value is -2.07. The number of esters is 2. The predicted molar refractivity (Wildman–Crippen MR) is 98.5 cm³/mol. The number of rotatable bonds is 9. The minimum absolute atomic E-state index is 0.0414. The lowest BCUT2D eigenvalue weighted by molar-refractivity contribution is -0.912. The fourth-order valence-electron chi connectivity index (χ4n) is 2.17. The fraction of sp³-hybridized carbons (Fsp3) is 0.765. The topological polar surface area (TPSA) is 52.6 Å². The molecule has 0 amide bonds. The fourth-order valence-corrected chi connectivity index (χ4v) is 2.17. The quantitative estimate of drug-likeness (QED) is 0.139. The molecule has 0 rings (SSSR count). The molecule has 0 aliphatic heterocycles.